The van der Waals surface area contributed by atoms with E-state index >= 15 is 0 Å². The van der Waals surface area contributed by atoms with E-state index in [4.69, 9.17) is 28.9 Å². The summed E-state index contributed by atoms with van der Waals surface area (Å²) < 4.78 is 2.09. The molecule has 0 bridgehead atoms. The van der Waals surface area contributed by atoms with Gasteiger partial charge in [0.05, 0.1) is 33.0 Å². The minimum atomic E-state index is 0.196. The Morgan fingerprint density at radius 1 is 1.14 bits per heavy atom. The fourth-order valence-electron chi connectivity index (χ4n) is 2.44. The number of aromatic nitrogens is 3. The van der Waals surface area contributed by atoms with Crippen molar-refractivity contribution in [2.24, 2.45) is 0 Å². The van der Waals surface area contributed by atoms with Gasteiger partial charge in [-0.3, -0.25) is 4.98 Å². The first-order valence-electron chi connectivity index (χ1n) is 6.56. The van der Waals surface area contributed by atoms with Crippen molar-refractivity contribution in [1.29, 1.82) is 0 Å². The molecule has 0 saturated heterocycles. The summed E-state index contributed by atoms with van der Waals surface area (Å²) >= 11 is 12.5. The molecule has 2 N–H and O–H groups in total. The predicted molar refractivity (Wildman–Crippen MR) is 87.8 cm³/mol. The number of hydrogen-bond donors (Lipinski definition) is 1. The Morgan fingerprint density at radius 2 is 1.86 bits per heavy atom. The van der Waals surface area contributed by atoms with Crippen LogP contribution in [-0.2, 0) is 0 Å². The number of anilines is 1. The van der Waals surface area contributed by atoms with Crippen molar-refractivity contribution in [2.45, 2.75) is 19.9 Å². The number of fused-ring (bicyclic) bond motifs is 1. The Hall–Kier alpha value is -1.78. The second-order valence-corrected chi connectivity index (χ2v) is 5.90. The summed E-state index contributed by atoms with van der Waals surface area (Å²) in [5, 5.41) is 0.997. The summed E-state index contributed by atoms with van der Waals surface area (Å²) in [5.41, 5.74) is 9.01. The standard InChI is InChI=1S/C15H14Cl2N4/c1-8(2)21-12-5-6-19-7-11(12)20-15(21)13-9(16)3-4-10(17)14(13)18/h3-8H,18H2,1-2H3. The summed E-state index contributed by atoms with van der Waals surface area (Å²) in [6.07, 6.45) is 3.47. The molecule has 21 heavy (non-hydrogen) atoms. The van der Waals surface area contributed by atoms with Crippen LogP contribution >= 0.6 is 23.2 Å². The van der Waals surface area contributed by atoms with Crippen LogP contribution in [0.5, 0.6) is 0 Å². The first-order chi connectivity index (χ1) is 10.0. The molecule has 0 spiro atoms. The van der Waals surface area contributed by atoms with Gasteiger partial charge in [-0.2, -0.15) is 0 Å². The first kappa shape index (κ1) is 14.2. The second-order valence-electron chi connectivity index (χ2n) is 5.08. The molecule has 2 aromatic heterocycles. The van der Waals surface area contributed by atoms with Gasteiger partial charge >= 0.3 is 0 Å². The van der Waals surface area contributed by atoms with Gasteiger partial charge in [-0.25, -0.2) is 4.98 Å². The molecule has 0 fully saturated rings. The average Bonchev–Trinajstić information content (AvgIpc) is 2.82. The number of nitrogens with zero attached hydrogens (tertiary/aromatic N) is 3. The lowest BCUT2D eigenvalue weighted by atomic mass is 10.1. The zero-order valence-corrected chi connectivity index (χ0v) is 13.2. The lowest BCUT2D eigenvalue weighted by Crippen LogP contribution is -2.05. The van der Waals surface area contributed by atoms with Crippen LogP contribution in [0.4, 0.5) is 5.69 Å². The predicted octanol–water partition coefficient (Wildman–Crippen LogP) is 4.57. The lowest BCUT2D eigenvalue weighted by Gasteiger charge is -2.15. The maximum Gasteiger partial charge on any atom is 0.145 e. The fourth-order valence-corrected chi connectivity index (χ4v) is 2.85. The smallest absolute Gasteiger partial charge is 0.145 e. The molecule has 0 radical (unpaired) electrons. The molecule has 2 heterocycles. The molecule has 0 atom stereocenters. The third-order valence-corrected chi connectivity index (χ3v) is 4.02. The van der Waals surface area contributed by atoms with Crippen LogP contribution in [-0.4, -0.2) is 14.5 Å². The van der Waals surface area contributed by atoms with Crippen molar-refractivity contribution in [3.63, 3.8) is 0 Å². The summed E-state index contributed by atoms with van der Waals surface area (Å²) in [6.45, 7) is 4.17. The van der Waals surface area contributed by atoms with Crippen molar-refractivity contribution in [2.75, 3.05) is 5.73 Å². The van der Waals surface area contributed by atoms with Crippen LogP contribution in [0.3, 0.4) is 0 Å². The normalized spacial score (nSPS) is 11.5. The summed E-state index contributed by atoms with van der Waals surface area (Å²) in [4.78, 5) is 8.76. The van der Waals surface area contributed by atoms with Crippen molar-refractivity contribution >= 4 is 39.9 Å². The maximum absolute atomic E-state index is 6.33. The topological polar surface area (TPSA) is 56.7 Å². The van der Waals surface area contributed by atoms with E-state index in [0.717, 1.165) is 11.0 Å². The molecule has 0 aliphatic rings. The third kappa shape index (κ3) is 2.24. The van der Waals surface area contributed by atoms with Crippen molar-refractivity contribution < 1.29 is 0 Å². The summed E-state index contributed by atoms with van der Waals surface area (Å²) in [6, 6.07) is 5.55. The number of benzene rings is 1. The summed E-state index contributed by atoms with van der Waals surface area (Å²) in [5.74, 6) is 0.706. The Morgan fingerprint density at radius 3 is 2.57 bits per heavy atom. The van der Waals surface area contributed by atoms with Crippen LogP contribution in [0.15, 0.2) is 30.6 Å². The Bertz CT molecular complexity index is 824. The highest BCUT2D eigenvalue weighted by Gasteiger charge is 2.20. The van der Waals surface area contributed by atoms with E-state index in [9.17, 15) is 0 Å². The largest absolute Gasteiger partial charge is 0.397 e. The number of rotatable bonds is 2. The highest BCUT2D eigenvalue weighted by Crippen LogP contribution is 2.39. The number of pyridine rings is 1. The summed E-state index contributed by atoms with van der Waals surface area (Å²) in [7, 11) is 0. The van der Waals surface area contributed by atoms with Crippen molar-refractivity contribution in [3.8, 4) is 11.4 Å². The zero-order chi connectivity index (χ0) is 15.1. The monoisotopic (exact) mass is 320 g/mol. The van der Waals surface area contributed by atoms with Crippen LogP contribution < -0.4 is 5.73 Å². The Labute approximate surface area is 132 Å². The van der Waals surface area contributed by atoms with E-state index in [1.54, 1.807) is 24.5 Å². The Kier molecular flexibility index (Phi) is 3.51. The molecule has 0 aliphatic carbocycles. The number of hydrogen-bond acceptors (Lipinski definition) is 3. The highest BCUT2D eigenvalue weighted by molar-refractivity contribution is 6.37. The third-order valence-electron chi connectivity index (χ3n) is 3.37. The SMILES string of the molecule is CC(C)n1c(-c2c(Cl)ccc(Cl)c2N)nc2cnccc21. The van der Waals surface area contributed by atoms with Crippen molar-refractivity contribution in [3.05, 3.63) is 40.6 Å². The average molecular weight is 321 g/mol. The van der Waals surface area contributed by atoms with Gasteiger partial charge < -0.3 is 10.3 Å². The van der Waals surface area contributed by atoms with E-state index < -0.39 is 0 Å². The molecule has 3 aromatic rings. The van der Waals surface area contributed by atoms with Gasteiger partial charge in [0, 0.05) is 12.2 Å². The van der Waals surface area contributed by atoms with Crippen LogP contribution in [0.25, 0.3) is 22.4 Å². The highest BCUT2D eigenvalue weighted by atomic mass is 35.5. The van der Waals surface area contributed by atoms with Crippen LogP contribution in [0.2, 0.25) is 10.0 Å². The molecule has 0 saturated carbocycles. The van der Waals surface area contributed by atoms with Gasteiger partial charge in [0.25, 0.3) is 0 Å². The minimum absolute atomic E-state index is 0.196. The molecule has 0 unspecified atom stereocenters. The quantitative estimate of drug-likeness (QED) is 0.704. The van der Waals surface area contributed by atoms with E-state index in [0.29, 0.717) is 27.1 Å². The number of nitrogens with two attached hydrogens (primary N) is 1. The molecule has 6 heteroatoms. The van der Waals surface area contributed by atoms with Gasteiger partial charge in [0.2, 0.25) is 0 Å². The van der Waals surface area contributed by atoms with Crippen LogP contribution in [0, 0.1) is 0 Å². The van der Waals surface area contributed by atoms with Gasteiger partial charge in [0.1, 0.15) is 11.3 Å². The number of imidazole rings is 1. The second kappa shape index (κ2) is 5.20. The van der Waals surface area contributed by atoms with Gasteiger partial charge in [-0.05, 0) is 32.0 Å². The van der Waals surface area contributed by atoms with E-state index in [2.05, 4.69) is 28.4 Å². The first-order valence-corrected chi connectivity index (χ1v) is 7.32. The molecule has 108 valence electrons. The molecule has 0 amide bonds. The van der Waals surface area contributed by atoms with Gasteiger partial charge in [-0.1, -0.05) is 23.2 Å². The molecule has 3 rings (SSSR count). The Balaban J connectivity index is 2.41. The molecular weight excluding hydrogens is 307 g/mol. The van der Waals surface area contributed by atoms with Gasteiger partial charge in [0.15, 0.2) is 0 Å². The number of halogens is 2. The molecule has 0 aliphatic heterocycles. The minimum Gasteiger partial charge on any atom is -0.397 e. The number of nitrogen functional groups attached to an aromatic ring is 1. The molecule has 4 nitrogen and oxygen atoms in total. The van der Waals surface area contributed by atoms with E-state index in [1.165, 1.54) is 0 Å². The van der Waals surface area contributed by atoms with E-state index in [-0.39, 0.29) is 6.04 Å². The molecular formula is C15H14Cl2N4. The molecule has 1 aromatic carbocycles. The maximum atomic E-state index is 6.33. The lowest BCUT2D eigenvalue weighted by molar-refractivity contribution is 0.624. The van der Waals surface area contributed by atoms with Crippen molar-refractivity contribution in [1.82, 2.24) is 14.5 Å². The zero-order valence-electron chi connectivity index (χ0n) is 11.6. The van der Waals surface area contributed by atoms with Gasteiger partial charge in [-0.15, -0.1) is 0 Å². The van der Waals surface area contributed by atoms with Crippen LogP contribution in [0.1, 0.15) is 19.9 Å². The fraction of sp³-hybridized carbons (Fsp3) is 0.200. The van der Waals surface area contributed by atoms with E-state index in [1.807, 2.05) is 6.07 Å².